The number of nitrogens with one attached hydrogen (secondary N) is 2. The molecule has 0 aromatic heterocycles. The summed E-state index contributed by atoms with van der Waals surface area (Å²) < 4.78 is 0. The second-order valence-electron chi connectivity index (χ2n) is 0.801. The summed E-state index contributed by atoms with van der Waals surface area (Å²) >= 11 is 0. The van der Waals surface area contributed by atoms with Crippen molar-refractivity contribution in [2.75, 3.05) is 0 Å². The molecule has 0 aromatic carbocycles. The van der Waals surface area contributed by atoms with Crippen LogP contribution in [-0.4, -0.2) is 6.03 Å². The molecule has 8 heavy (non-hydrogen) atoms. The number of carbonyl (C=O) groups excluding carboxylic acids is 1. The van der Waals surface area contributed by atoms with Crippen molar-refractivity contribution in [2.24, 2.45) is 22.1 Å². The van der Waals surface area contributed by atoms with Gasteiger partial charge in [0.15, 0.2) is 0 Å². The molecule has 0 rings (SSSR count). The zero-order valence-electron chi connectivity index (χ0n) is 3.96. The lowest BCUT2D eigenvalue weighted by molar-refractivity contribution is 0.241. The summed E-state index contributed by atoms with van der Waals surface area (Å²) in [5.74, 6) is 9.11. The van der Waals surface area contributed by atoms with E-state index in [2.05, 4.69) is 22.1 Å². The predicted octanol–water partition coefficient (Wildman–Crippen LogP) is -1.60. The van der Waals surface area contributed by atoms with E-state index in [4.69, 9.17) is 0 Å². The topological polar surface area (TPSA) is 118 Å². The first-order valence-electron chi connectivity index (χ1n) is 1.67. The minimum absolute atomic E-state index is 0.667. The first-order valence-corrected chi connectivity index (χ1v) is 1.67. The second kappa shape index (κ2) is 3.81. The number of carbonyl (C=O) groups is 1. The number of amides is 2. The van der Waals surface area contributed by atoms with E-state index in [9.17, 15) is 4.79 Å². The molecule has 0 unspecified atom stereocenters. The van der Waals surface area contributed by atoms with Gasteiger partial charge >= 0.3 is 6.03 Å². The second-order valence-corrected chi connectivity index (χ2v) is 0.801. The van der Waals surface area contributed by atoms with Gasteiger partial charge in [-0.3, -0.25) is 5.43 Å². The van der Waals surface area contributed by atoms with Gasteiger partial charge in [0, 0.05) is 0 Å². The molecule has 0 radical (unpaired) electrons. The molecule has 0 fully saturated rings. The maximum Gasteiger partial charge on any atom is 0.350 e. The van der Waals surface area contributed by atoms with Gasteiger partial charge in [-0.25, -0.2) is 16.1 Å². The Morgan fingerprint density at radius 2 is 2.25 bits per heavy atom. The van der Waals surface area contributed by atoms with Crippen molar-refractivity contribution >= 4 is 6.03 Å². The lowest BCUT2D eigenvalue weighted by Crippen LogP contribution is -2.37. The van der Waals surface area contributed by atoms with Crippen LogP contribution in [0.25, 0.3) is 0 Å². The molecule has 0 aliphatic heterocycles. The summed E-state index contributed by atoms with van der Waals surface area (Å²) in [6, 6.07) is -0.667. The molecule has 7 nitrogen and oxygen atoms in total. The fraction of sp³-hybridized carbons (Fsp3) is 0. The van der Waals surface area contributed by atoms with Crippen molar-refractivity contribution in [3.05, 3.63) is 0 Å². The summed E-state index contributed by atoms with van der Waals surface area (Å²) in [5.41, 5.74) is 3.58. The monoisotopic (exact) mass is 118 g/mol. The number of hydrogen-bond acceptors (Lipinski definition) is 4. The highest BCUT2D eigenvalue weighted by Crippen LogP contribution is 1.58. The zero-order chi connectivity index (χ0) is 6.41. The van der Waals surface area contributed by atoms with Crippen molar-refractivity contribution in [3.8, 4) is 0 Å². The fourth-order valence-electron chi connectivity index (χ4n) is 0.107. The number of nitrogens with zero attached hydrogens (tertiary/aromatic N) is 2. The van der Waals surface area contributed by atoms with Crippen LogP contribution in [0.5, 0.6) is 0 Å². The van der Waals surface area contributed by atoms with E-state index in [0.29, 0.717) is 0 Å². The van der Waals surface area contributed by atoms with Gasteiger partial charge < -0.3 is 5.84 Å². The zero-order valence-corrected chi connectivity index (χ0v) is 3.96. The van der Waals surface area contributed by atoms with Crippen LogP contribution in [0.3, 0.4) is 0 Å². The van der Waals surface area contributed by atoms with Crippen LogP contribution in [0.15, 0.2) is 10.4 Å². The first kappa shape index (κ1) is 6.63. The molecule has 0 heterocycles. The van der Waals surface area contributed by atoms with Crippen molar-refractivity contribution < 1.29 is 4.79 Å². The van der Waals surface area contributed by atoms with Gasteiger partial charge in [0.05, 0.1) is 0 Å². The average Bonchev–Trinajstić information content (AvgIpc) is 1.83. The maximum absolute atomic E-state index is 10.0. The summed E-state index contributed by atoms with van der Waals surface area (Å²) in [7, 11) is 0. The van der Waals surface area contributed by atoms with Crippen LogP contribution < -0.4 is 22.5 Å². The molecule has 2 amide bonds. The van der Waals surface area contributed by atoms with Crippen LogP contribution in [0.1, 0.15) is 0 Å². The molecule has 0 spiro atoms. The van der Waals surface area contributed by atoms with E-state index < -0.39 is 6.03 Å². The van der Waals surface area contributed by atoms with E-state index in [1.54, 1.807) is 5.43 Å². The van der Waals surface area contributed by atoms with E-state index in [-0.39, 0.29) is 0 Å². The van der Waals surface area contributed by atoms with Gasteiger partial charge in [-0.05, 0) is 5.22 Å². The van der Waals surface area contributed by atoms with Crippen LogP contribution in [0.2, 0.25) is 0 Å². The molecule has 0 bridgehead atoms. The van der Waals surface area contributed by atoms with Gasteiger partial charge in [0.25, 0.3) is 0 Å². The molecule has 0 aliphatic carbocycles. The third-order valence-electron chi connectivity index (χ3n) is 0.340. The van der Waals surface area contributed by atoms with Gasteiger partial charge in [0.1, 0.15) is 0 Å². The first-order chi connectivity index (χ1) is 3.81. The van der Waals surface area contributed by atoms with Gasteiger partial charge in [0.2, 0.25) is 0 Å². The Bertz CT molecular complexity index is 96.7. The van der Waals surface area contributed by atoms with Crippen molar-refractivity contribution in [2.45, 2.75) is 0 Å². The summed E-state index contributed by atoms with van der Waals surface area (Å²) in [6.07, 6.45) is 0. The molecular weight excluding hydrogens is 112 g/mol. The van der Waals surface area contributed by atoms with Crippen LogP contribution in [0, 0.1) is 0 Å². The lowest BCUT2D eigenvalue weighted by atomic mass is 11.1. The Labute approximate surface area is 45.0 Å². The highest BCUT2D eigenvalue weighted by atomic mass is 16.2. The molecule has 0 atom stereocenters. The molecule has 0 saturated heterocycles. The number of nitrogens with two attached hydrogens (primary N) is 2. The number of rotatable bonds is 1. The van der Waals surface area contributed by atoms with Crippen LogP contribution in [-0.2, 0) is 0 Å². The molecule has 0 saturated carbocycles. The summed E-state index contributed by atoms with van der Waals surface area (Å²) in [5, 5.41) is 5.62. The molecule has 7 heteroatoms. The molecule has 0 aliphatic rings. The quantitative estimate of drug-likeness (QED) is 0.144. The number of urea groups is 1. The molecule has 6 N–H and O–H groups in total. The predicted molar refractivity (Wildman–Crippen MR) is 24.9 cm³/mol. The van der Waals surface area contributed by atoms with Gasteiger partial charge in [-0.2, -0.15) is 0 Å². The third kappa shape index (κ3) is 2.85. The third-order valence-corrected chi connectivity index (χ3v) is 0.340. The van der Waals surface area contributed by atoms with Crippen molar-refractivity contribution in [3.63, 3.8) is 0 Å². The molecule has 46 valence electrons. The highest BCUT2D eigenvalue weighted by molar-refractivity contribution is 5.72. The van der Waals surface area contributed by atoms with E-state index in [1.807, 2.05) is 5.43 Å². The Balaban J connectivity index is 3.25. The summed E-state index contributed by atoms with van der Waals surface area (Å²) in [6.45, 7) is 0. The normalized spacial score (nSPS) is 9.12. The minimum Gasteiger partial charge on any atom is -0.303 e. The van der Waals surface area contributed by atoms with Crippen LogP contribution in [0.4, 0.5) is 4.79 Å². The van der Waals surface area contributed by atoms with Crippen molar-refractivity contribution in [1.82, 2.24) is 10.9 Å². The van der Waals surface area contributed by atoms with Gasteiger partial charge in [-0.1, -0.05) is 5.22 Å². The number of hydrogen-bond donors (Lipinski definition) is 4. The standard InChI is InChI=1S/CH6N6O/c2-4-1(8)5-7-6-3/h2H2,(H2,3,7)(H2,4,5,6,8). The van der Waals surface area contributed by atoms with Crippen LogP contribution >= 0.6 is 0 Å². The smallest absolute Gasteiger partial charge is 0.303 e. The Kier molecular flexibility index (Phi) is 3.16. The Morgan fingerprint density at radius 3 is 2.62 bits per heavy atom. The maximum atomic E-state index is 10.0. The average molecular weight is 118 g/mol. The Morgan fingerprint density at radius 1 is 1.62 bits per heavy atom. The minimum atomic E-state index is -0.667. The molecular formula is CH6N6O. The lowest BCUT2D eigenvalue weighted by Gasteiger charge is -1.91. The highest BCUT2D eigenvalue weighted by Gasteiger charge is 1.88. The van der Waals surface area contributed by atoms with E-state index >= 15 is 0 Å². The van der Waals surface area contributed by atoms with Crippen molar-refractivity contribution in [1.29, 1.82) is 0 Å². The van der Waals surface area contributed by atoms with Gasteiger partial charge in [-0.15, -0.1) is 0 Å². The largest absolute Gasteiger partial charge is 0.350 e. The SMILES string of the molecule is NN=NNC(=O)NN. The molecule has 0 aromatic rings. The Hall–Kier alpha value is -1.37. The van der Waals surface area contributed by atoms with E-state index in [1.165, 1.54) is 0 Å². The summed E-state index contributed by atoms with van der Waals surface area (Å²) in [4.78, 5) is 10.0. The fourth-order valence-corrected chi connectivity index (χ4v) is 0.107. The van der Waals surface area contributed by atoms with E-state index in [0.717, 1.165) is 0 Å². The number of hydrazine groups is 1.